The van der Waals surface area contributed by atoms with Crippen molar-refractivity contribution in [2.24, 2.45) is 0 Å². The summed E-state index contributed by atoms with van der Waals surface area (Å²) in [6, 6.07) is 5.78. The molecule has 2 aromatic heterocycles. The van der Waals surface area contributed by atoms with E-state index in [1.807, 2.05) is 0 Å². The molecule has 3 aromatic rings. The fourth-order valence-electron chi connectivity index (χ4n) is 2.56. The van der Waals surface area contributed by atoms with E-state index in [0.29, 0.717) is 0 Å². The summed E-state index contributed by atoms with van der Waals surface area (Å²) in [5.74, 6) is 0. The Bertz CT molecular complexity index is 1080. The van der Waals surface area contributed by atoms with Crippen molar-refractivity contribution in [3.8, 4) is 5.69 Å². The zero-order valence-corrected chi connectivity index (χ0v) is 12.8. The summed E-state index contributed by atoms with van der Waals surface area (Å²) in [4.78, 5) is 29.0. The van der Waals surface area contributed by atoms with Gasteiger partial charge >= 0.3 is 11.9 Å². The first kappa shape index (κ1) is 16.7. The molecule has 8 heteroatoms. The zero-order valence-electron chi connectivity index (χ0n) is 12.8. The quantitative estimate of drug-likeness (QED) is 0.685. The number of rotatable bonds is 3. The number of pyridine rings is 1. The van der Waals surface area contributed by atoms with Gasteiger partial charge in [-0.05, 0) is 24.3 Å². The van der Waals surface area contributed by atoms with Crippen molar-refractivity contribution in [3.05, 3.63) is 81.8 Å². The molecule has 0 radical (unpaired) electrons. The Balaban J connectivity index is 2.43. The standard InChI is InChI=1S/C17H12F3N3O2/c1-2-8-22-15(24)13-10-21-7-6-14(13)23(16(22)25)12-5-3-4-11(9-12)17(18,19)20/h2-7,9-10H,1,8H2. The van der Waals surface area contributed by atoms with Crippen LogP contribution in [0.4, 0.5) is 13.2 Å². The van der Waals surface area contributed by atoms with E-state index in [2.05, 4.69) is 11.6 Å². The largest absolute Gasteiger partial charge is 0.416 e. The van der Waals surface area contributed by atoms with Crippen molar-refractivity contribution in [1.29, 1.82) is 0 Å². The summed E-state index contributed by atoms with van der Waals surface area (Å²) < 4.78 is 41.0. The van der Waals surface area contributed by atoms with E-state index in [-0.39, 0.29) is 23.1 Å². The highest BCUT2D eigenvalue weighted by atomic mass is 19.4. The first-order valence-electron chi connectivity index (χ1n) is 7.22. The van der Waals surface area contributed by atoms with E-state index in [9.17, 15) is 22.8 Å². The van der Waals surface area contributed by atoms with Gasteiger partial charge in [0.2, 0.25) is 0 Å². The fourth-order valence-corrected chi connectivity index (χ4v) is 2.56. The summed E-state index contributed by atoms with van der Waals surface area (Å²) >= 11 is 0. The minimum atomic E-state index is -4.55. The maximum atomic E-state index is 13.0. The number of allylic oxidation sites excluding steroid dienone is 1. The average Bonchev–Trinajstić information content (AvgIpc) is 2.58. The molecule has 0 saturated carbocycles. The van der Waals surface area contributed by atoms with Crippen molar-refractivity contribution in [2.75, 3.05) is 0 Å². The number of alkyl halides is 3. The van der Waals surface area contributed by atoms with Gasteiger partial charge in [-0.25, -0.2) is 4.79 Å². The minimum Gasteiger partial charge on any atom is -0.268 e. The van der Waals surface area contributed by atoms with Crippen molar-refractivity contribution in [1.82, 2.24) is 14.1 Å². The molecule has 5 nitrogen and oxygen atoms in total. The second-order valence-electron chi connectivity index (χ2n) is 5.26. The predicted octanol–water partition coefficient (Wildman–Crippen LogP) is 2.75. The zero-order chi connectivity index (χ0) is 18.2. The van der Waals surface area contributed by atoms with Crippen molar-refractivity contribution >= 4 is 10.9 Å². The Labute approximate surface area is 139 Å². The second-order valence-corrected chi connectivity index (χ2v) is 5.26. The van der Waals surface area contributed by atoms with Crippen molar-refractivity contribution in [2.45, 2.75) is 12.7 Å². The number of benzene rings is 1. The van der Waals surface area contributed by atoms with E-state index in [1.54, 1.807) is 0 Å². The first-order valence-corrected chi connectivity index (χ1v) is 7.22. The molecule has 0 aliphatic heterocycles. The van der Waals surface area contributed by atoms with Crippen LogP contribution in [0.5, 0.6) is 0 Å². The van der Waals surface area contributed by atoms with Gasteiger partial charge in [-0.2, -0.15) is 13.2 Å². The molecular weight excluding hydrogens is 335 g/mol. The predicted molar refractivity (Wildman–Crippen MR) is 86.8 cm³/mol. The Morgan fingerprint density at radius 3 is 2.64 bits per heavy atom. The van der Waals surface area contributed by atoms with Gasteiger partial charge in [0, 0.05) is 18.9 Å². The normalized spacial score (nSPS) is 11.6. The molecule has 0 bridgehead atoms. The Kier molecular flexibility index (Phi) is 4.03. The Morgan fingerprint density at radius 2 is 1.96 bits per heavy atom. The average molecular weight is 347 g/mol. The molecule has 0 spiro atoms. The molecule has 25 heavy (non-hydrogen) atoms. The van der Waals surface area contributed by atoms with Gasteiger partial charge in [0.15, 0.2) is 0 Å². The topological polar surface area (TPSA) is 56.9 Å². The molecule has 128 valence electrons. The van der Waals surface area contributed by atoms with Crippen LogP contribution in [0.25, 0.3) is 16.6 Å². The van der Waals surface area contributed by atoms with Crippen LogP contribution in [0.1, 0.15) is 5.56 Å². The molecule has 0 N–H and O–H groups in total. The van der Waals surface area contributed by atoms with Gasteiger partial charge in [0.25, 0.3) is 5.56 Å². The molecule has 0 fully saturated rings. The van der Waals surface area contributed by atoms with Gasteiger partial charge < -0.3 is 0 Å². The Morgan fingerprint density at radius 1 is 1.20 bits per heavy atom. The molecule has 3 rings (SSSR count). The third-order valence-electron chi connectivity index (χ3n) is 3.68. The lowest BCUT2D eigenvalue weighted by atomic mass is 10.2. The maximum Gasteiger partial charge on any atom is 0.416 e. The maximum absolute atomic E-state index is 13.0. The second kappa shape index (κ2) is 6.04. The summed E-state index contributed by atoms with van der Waals surface area (Å²) in [5.41, 5.74) is -2.02. The van der Waals surface area contributed by atoms with Gasteiger partial charge in [0.1, 0.15) is 0 Å². The Hall–Kier alpha value is -3.16. The fraction of sp³-hybridized carbons (Fsp3) is 0.118. The molecule has 0 atom stereocenters. The minimum absolute atomic E-state index is 0.00818. The van der Waals surface area contributed by atoms with E-state index < -0.39 is 23.0 Å². The van der Waals surface area contributed by atoms with E-state index in [4.69, 9.17) is 0 Å². The molecule has 0 saturated heterocycles. The molecule has 0 amide bonds. The number of fused-ring (bicyclic) bond motifs is 1. The smallest absolute Gasteiger partial charge is 0.268 e. The molecule has 2 heterocycles. The molecule has 0 aliphatic rings. The number of nitrogens with zero attached hydrogens (tertiary/aromatic N) is 3. The van der Waals surface area contributed by atoms with E-state index in [0.717, 1.165) is 21.3 Å². The third-order valence-corrected chi connectivity index (χ3v) is 3.68. The summed E-state index contributed by atoms with van der Waals surface area (Å²) in [5, 5.41) is 0.126. The first-order chi connectivity index (χ1) is 11.8. The number of hydrogen-bond acceptors (Lipinski definition) is 3. The number of halogens is 3. The lowest BCUT2D eigenvalue weighted by molar-refractivity contribution is -0.137. The molecule has 0 aliphatic carbocycles. The lowest BCUT2D eigenvalue weighted by Gasteiger charge is -2.14. The van der Waals surface area contributed by atoms with Crippen molar-refractivity contribution in [3.63, 3.8) is 0 Å². The van der Waals surface area contributed by atoms with Gasteiger partial charge in [-0.15, -0.1) is 6.58 Å². The van der Waals surface area contributed by atoms with Crippen LogP contribution in [0.2, 0.25) is 0 Å². The van der Waals surface area contributed by atoms with Gasteiger partial charge in [0.05, 0.1) is 22.2 Å². The summed E-state index contributed by atoms with van der Waals surface area (Å²) in [6.07, 6.45) is -0.544. The van der Waals surface area contributed by atoms with Crippen LogP contribution in [0, 0.1) is 0 Å². The molecule has 0 unspecified atom stereocenters. The van der Waals surface area contributed by atoms with Crippen LogP contribution in [-0.2, 0) is 12.7 Å². The van der Waals surface area contributed by atoms with Gasteiger partial charge in [-0.3, -0.25) is 18.9 Å². The summed E-state index contributed by atoms with van der Waals surface area (Å²) in [7, 11) is 0. The highest BCUT2D eigenvalue weighted by Gasteiger charge is 2.30. The summed E-state index contributed by atoms with van der Waals surface area (Å²) in [6.45, 7) is 3.43. The van der Waals surface area contributed by atoms with Crippen LogP contribution >= 0.6 is 0 Å². The number of hydrogen-bond donors (Lipinski definition) is 0. The monoisotopic (exact) mass is 347 g/mol. The van der Waals surface area contributed by atoms with E-state index in [1.165, 1.54) is 36.7 Å². The third kappa shape index (κ3) is 2.86. The van der Waals surface area contributed by atoms with Crippen LogP contribution in [-0.4, -0.2) is 14.1 Å². The highest BCUT2D eigenvalue weighted by molar-refractivity contribution is 5.78. The van der Waals surface area contributed by atoms with Gasteiger partial charge in [-0.1, -0.05) is 12.1 Å². The highest BCUT2D eigenvalue weighted by Crippen LogP contribution is 2.30. The van der Waals surface area contributed by atoms with Crippen LogP contribution in [0.3, 0.4) is 0 Å². The van der Waals surface area contributed by atoms with Crippen molar-refractivity contribution < 1.29 is 13.2 Å². The number of aromatic nitrogens is 3. The molecular formula is C17H12F3N3O2. The van der Waals surface area contributed by atoms with E-state index >= 15 is 0 Å². The SMILES string of the molecule is C=CCn1c(=O)c2cnccc2n(-c2cccc(C(F)(F)F)c2)c1=O. The molecule has 1 aromatic carbocycles. The van der Waals surface area contributed by atoms with Crippen LogP contribution < -0.4 is 11.2 Å². The van der Waals surface area contributed by atoms with Crippen LogP contribution in [0.15, 0.2) is 65.0 Å². The lowest BCUT2D eigenvalue weighted by Crippen LogP contribution is -2.39.